The van der Waals surface area contributed by atoms with Crippen LogP contribution >= 0.6 is 0 Å². The molecule has 0 unspecified atom stereocenters. The van der Waals surface area contributed by atoms with Gasteiger partial charge in [0.2, 0.25) is 0 Å². The molecule has 2 heterocycles. The van der Waals surface area contributed by atoms with E-state index in [1.165, 1.54) is 6.92 Å². The second kappa shape index (κ2) is 7.59. The van der Waals surface area contributed by atoms with Crippen molar-refractivity contribution in [3.05, 3.63) is 48.2 Å². The highest BCUT2D eigenvalue weighted by Gasteiger charge is 2.21. The Morgan fingerprint density at radius 3 is 2.79 bits per heavy atom. The first-order valence-corrected chi connectivity index (χ1v) is 8.83. The highest BCUT2D eigenvalue weighted by atomic mass is 16.6. The maximum Gasteiger partial charge on any atom is 0.312 e. The summed E-state index contributed by atoms with van der Waals surface area (Å²) in [5, 5.41) is 7.34. The summed E-state index contributed by atoms with van der Waals surface area (Å²) in [6.07, 6.45) is -1.06. The van der Waals surface area contributed by atoms with Crippen molar-refractivity contribution in [2.45, 2.75) is 19.4 Å². The molecule has 8 nitrogen and oxygen atoms in total. The number of benzene rings is 2. The van der Waals surface area contributed by atoms with Gasteiger partial charge in [0.15, 0.2) is 23.2 Å². The molecule has 0 radical (unpaired) electrons. The van der Waals surface area contributed by atoms with Gasteiger partial charge in [0.25, 0.3) is 5.91 Å². The Balaban J connectivity index is 1.35. The van der Waals surface area contributed by atoms with E-state index >= 15 is 0 Å². The van der Waals surface area contributed by atoms with Crippen LogP contribution in [-0.2, 0) is 20.7 Å². The van der Waals surface area contributed by atoms with Crippen LogP contribution in [0.25, 0.3) is 11.0 Å². The van der Waals surface area contributed by atoms with Crippen molar-refractivity contribution in [2.75, 3.05) is 18.5 Å². The van der Waals surface area contributed by atoms with E-state index in [9.17, 15) is 9.59 Å². The zero-order valence-electron chi connectivity index (χ0n) is 15.1. The first kappa shape index (κ1) is 17.8. The van der Waals surface area contributed by atoms with Crippen LogP contribution in [0, 0.1) is 0 Å². The largest absolute Gasteiger partial charge is 0.486 e. The third-order valence-electron chi connectivity index (χ3n) is 4.25. The Bertz CT molecular complexity index is 1030. The summed E-state index contributed by atoms with van der Waals surface area (Å²) < 4.78 is 21.3. The Hall–Kier alpha value is -3.55. The van der Waals surface area contributed by atoms with Crippen LogP contribution in [0.3, 0.4) is 0 Å². The fraction of sp³-hybridized carbons (Fsp3) is 0.250. The second-order valence-electron chi connectivity index (χ2n) is 6.28. The summed E-state index contributed by atoms with van der Waals surface area (Å²) in [7, 11) is 0. The Kier molecular flexibility index (Phi) is 4.84. The maximum absolute atomic E-state index is 12.3. The van der Waals surface area contributed by atoms with Gasteiger partial charge in [-0.05, 0) is 31.2 Å². The predicted octanol–water partition coefficient (Wildman–Crippen LogP) is 2.71. The molecule has 0 spiro atoms. The number of carbonyl (C=O) groups excluding carboxylic acids is 2. The molecular weight excluding hydrogens is 364 g/mol. The number of hydrogen-bond donors (Lipinski definition) is 1. The van der Waals surface area contributed by atoms with Gasteiger partial charge in [-0.2, -0.15) is 0 Å². The molecule has 1 atom stereocenters. The zero-order valence-corrected chi connectivity index (χ0v) is 15.1. The van der Waals surface area contributed by atoms with Crippen LogP contribution in [0.4, 0.5) is 5.69 Å². The van der Waals surface area contributed by atoms with E-state index in [0.29, 0.717) is 41.7 Å². The molecule has 144 valence electrons. The average Bonchev–Trinajstić information content (AvgIpc) is 3.10. The fourth-order valence-corrected chi connectivity index (χ4v) is 2.86. The molecule has 0 saturated heterocycles. The van der Waals surface area contributed by atoms with Crippen molar-refractivity contribution in [1.29, 1.82) is 0 Å². The van der Waals surface area contributed by atoms with E-state index in [4.69, 9.17) is 18.7 Å². The van der Waals surface area contributed by atoms with Gasteiger partial charge in [0.05, 0.1) is 6.42 Å². The van der Waals surface area contributed by atoms with Gasteiger partial charge in [-0.15, -0.1) is 0 Å². The van der Waals surface area contributed by atoms with Crippen LogP contribution in [0.1, 0.15) is 12.6 Å². The molecule has 28 heavy (non-hydrogen) atoms. The van der Waals surface area contributed by atoms with Crippen LogP contribution in [0.5, 0.6) is 11.5 Å². The molecule has 4 rings (SSSR count). The van der Waals surface area contributed by atoms with Gasteiger partial charge in [0, 0.05) is 17.1 Å². The minimum atomic E-state index is -0.973. The van der Waals surface area contributed by atoms with Crippen molar-refractivity contribution in [2.24, 2.45) is 0 Å². The van der Waals surface area contributed by atoms with E-state index in [0.717, 1.165) is 5.39 Å². The number of anilines is 1. The maximum atomic E-state index is 12.3. The third-order valence-corrected chi connectivity index (χ3v) is 4.25. The number of esters is 1. The van der Waals surface area contributed by atoms with Crippen LogP contribution in [0.15, 0.2) is 47.0 Å². The predicted molar refractivity (Wildman–Crippen MR) is 99.3 cm³/mol. The normalized spacial score (nSPS) is 13.8. The number of hydrogen-bond acceptors (Lipinski definition) is 7. The first-order chi connectivity index (χ1) is 13.6. The molecule has 0 saturated carbocycles. The summed E-state index contributed by atoms with van der Waals surface area (Å²) in [4.78, 5) is 24.5. The lowest BCUT2D eigenvalue weighted by Gasteiger charge is -2.19. The second-order valence-corrected chi connectivity index (χ2v) is 6.28. The van der Waals surface area contributed by atoms with Crippen LogP contribution in [0.2, 0.25) is 0 Å². The van der Waals surface area contributed by atoms with Crippen molar-refractivity contribution in [3.63, 3.8) is 0 Å². The van der Waals surface area contributed by atoms with Crippen LogP contribution < -0.4 is 14.8 Å². The molecule has 3 aromatic rings. The number of ether oxygens (including phenoxy) is 3. The van der Waals surface area contributed by atoms with E-state index in [1.54, 1.807) is 24.3 Å². The highest BCUT2D eigenvalue weighted by Crippen LogP contribution is 2.32. The van der Waals surface area contributed by atoms with Crippen molar-refractivity contribution < 1.29 is 28.3 Å². The van der Waals surface area contributed by atoms with Gasteiger partial charge in [0.1, 0.15) is 18.9 Å². The van der Waals surface area contributed by atoms with E-state index in [2.05, 4.69) is 10.5 Å². The smallest absolute Gasteiger partial charge is 0.312 e. The SMILES string of the molecule is C[C@@H](OC(=O)Cc1noc2ccccc12)C(=O)Nc1ccc2c(c1)OCCO2. The lowest BCUT2D eigenvalue weighted by molar-refractivity contribution is -0.152. The summed E-state index contributed by atoms with van der Waals surface area (Å²) >= 11 is 0. The molecule has 2 aromatic carbocycles. The number of amides is 1. The molecule has 0 fully saturated rings. The summed E-state index contributed by atoms with van der Waals surface area (Å²) in [5.74, 6) is 0.175. The standard InChI is InChI=1S/C20H18N2O6/c1-12(20(24)21-13-6-7-17-18(10-13)26-9-8-25-17)27-19(23)11-15-14-4-2-3-5-16(14)28-22-15/h2-7,10,12H,8-9,11H2,1H3,(H,21,24)/t12-/m1/s1. The quantitative estimate of drug-likeness (QED) is 0.677. The first-order valence-electron chi connectivity index (χ1n) is 8.83. The number of para-hydroxylation sites is 1. The van der Waals surface area contributed by atoms with Gasteiger partial charge < -0.3 is 24.1 Å². The van der Waals surface area contributed by atoms with Crippen molar-refractivity contribution >= 4 is 28.5 Å². The topological polar surface area (TPSA) is 99.9 Å². The zero-order chi connectivity index (χ0) is 19.5. The minimum Gasteiger partial charge on any atom is -0.486 e. The van der Waals surface area contributed by atoms with E-state index in [1.807, 2.05) is 18.2 Å². The molecule has 1 aliphatic heterocycles. The molecule has 0 aliphatic carbocycles. The lowest BCUT2D eigenvalue weighted by atomic mass is 10.2. The lowest BCUT2D eigenvalue weighted by Crippen LogP contribution is -2.30. The van der Waals surface area contributed by atoms with Gasteiger partial charge >= 0.3 is 5.97 Å². The van der Waals surface area contributed by atoms with Gasteiger partial charge in [-0.3, -0.25) is 9.59 Å². The monoisotopic (exact) mass is 382 g/mol. The Morgan fingerprint density at radius 2 is 1.93 bits per heavy atom. The van der Waals surface area contributed by atoms with Crippen molar-refractivity contribution in [3.8, 4) is 11.5 Å². The number of nitrogens with one attached hydrogen (secondary N) is 1. The summed E-state index contributed by atoms with van der Waals surface area (Å²) in [6.45, 7) is 2.45. The molecular formula is C20H18N2O6. The highest BCUT2D eigenvalue weighted by molar-refractivity contribution is 5.95. The molecule has 1 N–H and O–H groups in total. The van der Waals surface area contributed by atoms with E-state index in [-0.39, 0.29) is 6.42 Å². The number of carbonyl (C=O) groups is 2. The number of nitrogens with zero attached hydrogens (tertiary/aromatic N) is 1. The fourth-order valence-electron chi connectivity index (χ4n) is 2.86. The Labute approximate surface area is 160 Å². The Morgan fingerprint density at radius 1 is 1.14 bits per heavy atom. The van der Waals surface area contributed by atoms with Gasteiger partial charge in [-0.25, -0.2) is 0 Å². The number of aromatic nitrogens is 1. The number of fused-ring (bicyclic) bond motifs is 2. The van der Waals surface area contributed by atoms with E-state index < -0.39 is 18.0 Å². The van der Waals surface area contributed by atoms with Gasteiger partial charge in [-0.1, -0.05) is 17.3 Å². The molecule has 1 aromatic heterocycles. The number of rotatable bonds is 5. The van der Waals surface area contributed by atoms with Crippen molar-refractivity contribution in [1.82, 2.24) is 5.16 Å². The third kappa shape index (κ3) is 3.75. The molecule has 8 heteroatoms. The molecule has 1 amide bonds. The average molecular weight is 382 g/mol. The molecule has 0 bridgehead atoms. The summed E-state index contributed by atoms with van der Waals surface area (Å²) in [6, 6.07) is 12.3. The van der Waals surface area contributed by atoms with Crippen LogP contribution in [-0.4, -0.2) is 36.4 Å². The summed E-state index contributed by atoms with van der Waals surface area (Å²) in [5.41, 5.74) is 1.59. The molecule has 1 aliphatic rings. The minimum absolute atomic E-state index is 0.0847.